The van der Waals surface area contributed by atoms with Crippen LogP contribution in [-0.4, -0.2) is 17.8 Å². The Morgan fingerprint density at radius 2 is 1.52 bits per heavy atom. The molecule has 1 saturated heterocycles. The van der Waals surface area contributed by atoms with Crippen LogP contribution in [0, 0.1) is 5.92 Å². The average molecular weight is 473 g/mol. The van der Waals surface area contributed by atoms with E-state index in [0.717, 1.165) is 19.0 Å². The summed E-state index contributed by atoms with van der Waals surface area (Å²) in [5.74, 6) is 2.13. The molecule has 1 fully saturated rings. The first-order valence-corrected chi connectivity index (χ1v) is 9.62. The maximum absolute atomic E-state index is 2.55. The topological polar surface area (TPSA) is 12.1 Å². The quantitative estimate of drug-likeness (QED) is 0.407. The molecule has 0 radical (unpaired) electrons. The lowest BCUT2D eigenvalue weighted by Gasteiger charge is -2.32. The Balaban J connectivity index is 0.00000210. The summed E-state index contributed by atoms with van der Waals surface area (Å²) in [5, 5.41) is 0. The first-order valence-electron chi connectivity index (χ1n) is 9.62. The fraction of sp³-hybridized carbons (Fsp3) is 0.348. The van der Waals surface area contributed by atoms with Crippen LogP contribution in [0.2, 0.25) is 0 Å². The monoisotopic (exact) mass is 473 g/mol. The zero-order valence-electron chi connectivity index (χ0n) is 16.2. The molecule has 3 nitrogen and oxygen atoms in total. The Hall–Kier alpha value is -1.82. The van der Waals surface area contributed by atoms with E-state index in [1.807, 2.05) is 0 Å². The van der Waals surface area contributed by atoms with E-state index in [-0.39, 0.29) is 24.0 Å². The Morgan fingerprint density at radius 3 is 2.15 bits per heavy atom. The van der Waals surface area contributed by atoms with Crippen LogP contribution in [0.3, 0.4) is 0 Å². The van der Waals surface area contributed by atoms with Crippen LogP contribution in [0.25, 0.3) is 11.3 Å². The summed E-state index contributed by atoms with van der Waals surface area (Å²) in [7, 11) is 4.31. The number of anilines is 1. The van der Waals surface area contributed by atoms with Crippen LogP contribution >= 0.6 is 0 Å². The molecule has 1 aliphatic rings. The van der Waals surface area contributed by atoms with Crippen LogP contribution in [-0.2, 0) is 20.5 Å². The van der Waals surface area contributed by atoms with Crippen molar-refractivity contribution in [1.82, 2.24) is 4.68 Å². The van der Waals surface area contributed by atoms with Gasteiger partial charge >= 0.3 is 0 Å². The van der Waals surface area contributed by atoms with Gasteiger partial charge in [-0.05, 0) is 42.9 Å². The molecule has 0 atom stereocenters. The zero-order chi connectivity index (χ0) is 17.9. The van der Waals surface area contributed by atoms with E-state index in [9.17, 15) is 0 Å². The zero-order valence-corrected chi connectivity index (χ0v) is 18.3. The van der Waals surface area contributed by atoms with Crippen molar-refractivity contribution in [2.75, 3.05) is 18.0 Å². The summed E-state index contributed by atoms with van der Waals surface area (Å²) in [4.78, 5) is 2.55. The van der Waals surface area contributed by atoms with Crippen LogP contribution in [0.5, 0.6) is 0 Å². The number of piperidine rings is 1. The molecular formula is C23H28IN3. The van der Waals surface area contributed by atoms with Crippen molar-refractivity contribution < 1.29 is 28.7 Å². The number of halogens is 1. The Bertz CT molecular complexity index is 850. The summed E-state index contributed by atoms with van der Waals surface area (Å²) in [5.41, 5.74) is 4.02. The second kappa shape index (κ2) is 8.91. The van der Waals surface area contributed by atoms with E-state index in [2.05, 4.69) is 95.1 Å². The molecule has 0 saturated carbocycles. The second-order valence-corrected chi connectivity index (χ2v) is 7.42. The molecular weight excluding hydrogens is 445 g/mol. The molecule has 2 aromatic carbocycles. The first-order chi connectivity index (χ1) is 12.7. The van der Waals surface area contributed by atoms with Crippen molar-refractivity contribution in [3.8, 4) is 11.3 Å². The van der Waals surface area contributed by atoms with Crippen LogP contribution < -0.4 is 33.6 Å². The summed E-state index contributed by atoms with van der Waals surface area (Å²) in [6, 6.07) is 23.9. The van der Waals surface area contributed by atoms with Gasteiger partial charge in [-0.15, -0.1) is 9.36 Å². The van der Waals surface area contributed by atoms with Gasteiger partial charge < -0.3 is 28.9 Å². The van der Waals surface area contributed by atoms with Crippen LogP contribution in [0.1, 0.15) is 18.4 Å². The molecule has 0 aliphatic carbocycles. The molecule has 27 heavy (non-hydrogen) atoms. The van der Waals surface area contributed by atoms with Gasteiger partial charge in [0.1, 0.15) is 0 Å². The molecule has 4 heteroatoms. The van der Waals surface area contributed by atoms with Crippen molar-refractivity contribution >= 4 is 5.82 Å². The maximum Gasteiger partial charge on any atom is 0.240 e. The van der Waals surface area contributed by atoms with Gasteiger partial charge in [-0.1, -0.05) is 48.5 Å². The number of hydrogen-bond donors (Lipinski definition) is 0. The fourth-order valence-electron chi connectivity index (χ4n) is 4.11. The van der Waals surface area contributed by atoms with E-state index in [0.29, 0.717) is 0 Å². The van der Waals surface area contributed by atoms with E-state index >= 15 is 0 Å². The van der Waals surface area contributed by atoms with Gasteiger partial charge in [0, 0.05) is 18.7 Å². The molecule has 2 heterocycles. The van der Waals surface area contributed by atoms with E-state index in [1.165, 1.54) is 41.9 Å². The Kier molecular flexibility index (Phi) is 6.58. The third-order valence-corrected chi connectivity index (χ3v) is 5.77. The number of benzene rings is 2. The average Bonchev–Trinajstić information content (AvgIpc) is 2.99. The number of nitrogens with zero attached hydrogens (tertiary/aromatic N) is 3. The van der Waals surface area contributed by atoms with Gasteiger partial charge in [-0.3, -0.25) is 0 Å². The third-order valence-electron chi connectivity index (χ3n) is 5.77. The summed E-state index contributed by atoms with van der Waals surface area (Å²) >= 11 is 0. The molecule has 4 rings (SSSR count). The first kappa shape index (κ1) is 19.9. The van der Waals surface area contributed by atoms with E-state index in [4.69, 9.17) is 0 Å². The molecule has 1 aromatic heterocycles. The van der Waals surface area contributed by atoms with Gasteiger partial charge in [0.25, 0.3) is 0 Å². The molecule has 0 bridgehead atoms. The Labute approximate surface area is 179 Å². The SMILES string of the molecule is Cn1c(N2CCC(Cc3ccccc3)CC2)cc(-c2ccccc2)[n+]1C.[I-]. The minimum absolute atomic E-state index is 0. The lowest BCUT2D eigenvalue weighted by molar-refractivity contribution is -0.740. The molecule has 142 valence electrons. The van der Waals surface area contributed by atoms with Crippen molar-refractivity contribution in [2.24, 2.45) is 20.0 Å². The largest absolute Gasteiger partial charge is 1.00 e. The van der Waals surface area contributed by atoms with E-state index in [1.54, 1.807) is 0 Å². The van der Waals surface area contributed by atoms with Crippen molar-refractivity contribution in [1.29, 1.82) is 0 Å². The molecule has 3 aromatic rings. The lowest BCUT2D eigenvalue weighted by atomic mass is 9.90. The molecule has 0 spiro atoms. The highest BCUT2D eigenvalue weighted by atomic mass is 127. The highest BCUT2D eigenvalue weighted by Gasteiger charge is 2.26. The molecule has 1 aliphatic heterocycles. The molecule has 0 N–H and O–H groups in total. The van der Waals surface area contributed by atoms with Gasteiger partial charge in [0.05, 0.1) is 13.1 Å². The van der Waals surface area contributed by atoms with Crippen LogP contribution in [0.4, 0.5) is 5.82 Å². The summed E-state index contributed by atoms with van der Waals surface area (Å²) in [6.07, 6.45) is 3.75. The predicted molar refractivity (Wildman–Crippen MR) is 107 cm³/mol. The lowest BCUT2D eigenvalue weighted by Crippen LogP contribution is -3.00. The smallest absolute Gasteiger partial charge is 0.240 e. The third kappa shape index (κ3) is 4.37. The number of aromatic nitrogens is 2. The van der Waals surface area contributed by atoms with Gasteiger partial charge in [0.15, 0.2) is 12.9 Å². The van der Waals surface area contributed by atoms with E-state index < -0.39 is 0 Å². The highest BCUT2D eigenvalue weighted by molar-refractivity contribution is 5.60. The normalized spacial score (nSPS) is 14.8. The van der Waals surface area contributed by atoms with Gasteiger partial charge in [-0.25, -0.2) is 0 Å². The summed E-state index contributed by atoms with van der Waals surface area (Å²) in [6.45, 7) is 2.28. The van der Waals surface area contributed by atoms with Crippen LogP contribution in [0.15, 0.2) is 66.7 Å². The molecule has 0 amide bonds. The number of rotatable bonds is 4. The van der Waals surface area contributed by atoms with Gasteiger partial charge in [0.2, 0.25) is 5.69 Å². The predicted octanol–water partition coefficient (Wildman–Crippen LogP) is 0.980. The van der Waals surface area contributed by atoms with Gasteiger partial charge in [-0.2, -0.15) is 0 Å². The maximum atomic E-state index is 2.55. The summed E-state index contributed by atoms with van der Waals surface area (Å²) < 4.78 is 4.53. The second-order valence-electron chi connectivity index (χ2n) is 7.42. The minimum Gasteiger partial charge on any atom is -1.00 e. The fourth-order valence-corrected chi connectivity index (χ4v) is 4.11. The van der Waals surface area contributed by atoms with Crippen molar-refractivity contribution in [2.45, 2.75) is 19.3 Å². The Morgan fingerprint density at radius 1 is 0.926 bits per heavy atom. The van der Waals surface area contributed by atoms with Crippen molar-refractivity contribution in [3.63, 3.8) is 0 Å². The number of hydrogen-bond acceptors (Lipinski definition) is 1. The van der Waals surface area contributed by atoms with Crippen molar-refractivity contribution in [3.05, 3.63) is 72.3 Å². The minimum atomic E-state index is 0. The molecule has 0 unspecified atom stereocenters. The standard InChI is InChI=1S/C23H28N3.HI/c1-24-22(21-11-7-4-8-12-21)18-23(25(24)2)26-15-13-20(14-16-26)17-19-9-5-3-6-10-19;/h3-12,18,20H,13-17H2,1-2H3;1H/q+1;/p-1. The highest BCUT2D eigenvalue weighted by Crippen LogP contribution is 2.27.